The van der Waals surface area contributed by atoms with Gasteiger partial charge in [0.05, 0.1) is 12.3 Å². The Kier molecular flexibility index (Phi) is 5.27. The lowest BCUT2D eigenvalue weighted by Gasteiger charge is -2.32. The number of aryl methyl sites for hydroxylation is 1. The highest BCUT2D eigenvalue weighted by Gasteiger charge is 2.27. The third-order valence-electron chi connectivity index (χ3n) is 3.45. The molecule has 2 rings (SSSR count). The molecule has 2 heterocycles. The summed E-state index contributed by atoms with van der Waals surface area (Å²) in [6, 6.07) is 0. The highest BCUT2D eigenvalue weighted by Crippen LogP contribution is 2.21. The van der Waals surface area contributed by atoms with Crippen molar-refractivity contribution >= 4 is 17.4 Å². The van der Waals surface area contributed by atoms with Crippen LogP contribution in [-0.4, -0.2) is 47.2 Å². The molecular formula is C13H21N3O2S. The van der Waals surface area contributed by atoms with Gasteiger partial charge in [-0.05, 0) is 36.7 Å². The van der Waals surface area contributed by atoms with Crippen LogP contribution in [0.5, 0.6) is 0 Å². The smallest absolute Gasteiger partial charge is 0.267 e. The zero-order valence-corrected chi connectivity index (χ0v) is 12.4. The van der Waals surface area contributed by atoms with Crippen LogP contribution in [0, 0.1) is 5.92 Å². The first-order valence-electron chi connectivity index (χ1n) is 6.85. The highest BCUT2D eigenvalue weighted by molar-refractivity contribution is 7.08. The minimum atomic E-state index is 0.0965. The zero-order chi connectivity index (χ0) is 13.7. The molecule has 1 saturated heterocycles. The number of piperidine rings is 1. The zero-order valence-electron chi connectivity index (χ0n) is 11.6. The molecule has 0 N–H and O–H groups in total. The van der Waals surface area contributed by atoms with E-state index in [0.29, 0.717) is 5.92 Å². The predicted molar refractivity (Wildman–Crippen MR) is 74.4 cm³/mol. The monoisotopic (exact) mass is 283 g/mol. The Hall–Kier alpha value is -1.01. The van der Waals surface area contributed by atoms with Gasteiger partial charge in [0, 0.05) is 20.2 Å². The van der Waals surface area contributed by atoms with E-state index in [1.165, 1.54) is 11.5 Å². The highest BCUT2D eigenvalue weighted by atomic mass is 32.1. The largest absolute Gasteiger partial charge is 0.384 e. The fraction of sp³-hybridized carbons (Fsp3) is 0.769. The normalized spacial score (nSPS) is 19.7. The number of hydrogen-bond donors (Lipinski definition) is 0. The van der Waals surface area contributed by atoms with Crippen molar-refractivity contribution in [3.63, 3.8) is 0 Å². The van der Waals surface area contributed by atoms with Crippen LogP contribution in [-0.2, 0) is 11.2 Å². The molecule has 1 fully saturated rings. The van der Waals surface area contributed by atoms with Crippen LogP contribution in [0.2, 0.25) is 0 Å². The van der Waals surface area contributed by atoms with E-state index in [2.05, 4.69) is 16.5 Å². The van der Waals surface area contributed by atoms with Gasteiger partial charge in [0.25, 0.3) is 5.91 Å². The number of hydrogen-bond acceptors (Lipinski definition) is 5. The number of methoxy groups -OCH3 is 1. The van der Waals surface area contributed by atoms with Crippen molar-refractivity contribution < 1.29 is 9.53 Å². The van der Waals surface area contributed by atoms with Crippen LogP contribution in [0.3, 0.4) is 0 Å². The van der Waals surface area contributed by atoms with Crippen LogP contribution in [0.25, 0.3) is 0 Å². The van der Waals surface area contributed by atoms with Crippen LogP contribution in [0.15, 0.2) is 0 Å². The van der Waals surface area contributed by atoms with Gasteiger partial charge in [0.15, 0.2) is 0 Å². The van der Waals surface area contributed by atoms with Gasteiger partial charge in [0.2, 0.25) is 0 Å². The molecule has 1 aliphatic heterocycles. The maximum absolute atomic E-state index is 12.5. The molecule has 1 unspecified atom stereocenters. The van der Waals surface area contributed by atoms with E-state index < -0.39 is 0 Å². The summed E-state index contributed by atoms with van der Waals surface area (Å²) >= 11 is 1.22. The van der Waals surface area contributed by atoms with Gasteiger partial charge in [-0.1, -0.05) is 17.8 Å². The number of amides is 1. The lowest BCUT2D eigenvalue weighted by atomic mass is 9.98. The standard InChI is InChI=1S/C13H21N3O2S/c1-3-5-11-12(19-15-14-11)13(17)16-7-4-6-10(8-16)9-18-2/h10H,3-9H2,1-2H3. The quantitative estimate of drug-likeness (QED) is 0.829. The number of rotatable bonds is 5. The molecule has 0 saturated carbocycles. The van der Waals surface area contributed by atoms with Crippen molar-refractivity contribution in [3.8, 4) is 0 Å². The summed E-state index contributed by atoms with van der Waals surface area (Å²) in [6.07, 6.45) is 4.00. The molecule has 0 spiro atoms. The van der Waals surface area contributed by atoms with Gasteiger partial charge in [-0.15, -0.1) is 5.10 Å². The molecule has 1 amide bonds. The summed E-state index contributed by atoms with van der Waals surface area (Å²) in [6.45, 7) is 4.44. The second-order valence-electron chi connectivity index (χ2n) is 5.01. The molecule has 1 atom stereocenters. The number of carbonyl (C=O) groups excluding carboxylic acids is 1. The van der Waals surface area contributed by atoms with Crippen LogP contribution < -0.4 is 0 Å². The van der Waals surface area contributed by atoms with E-state index in [0.717, 1.165) is 56.0 Å². The number of aromatic nitrogens is 2. The minimum Gasteiger partial charge on any atom is -0.384 e. The molecule has 0 aliphatic carbocycles. The fourth-order valence-electron chi connectivity index (χ4n) is 2.54. The fourth-order valence-corrected chi connectivity index (χ4v) is 3.21. The van der Waals surface area contributed by atoms with Crippen LogP contribution in [0.4, 0.5) is 0 Å². The third-order valence-corrected chi connectivity index (χ3v) is 4.20. The lowest BCUT2D eigenvalue weighted by molar-refractivity contribution is 0.0574. The van der Waals surface area contributed by atoms with Gasteiger partial charge in [-0.25, -0.2) is 0 Å². The Balaban J connectivity index is 2.04. The first kappa shape index (κ1) is 14.4. The second kappa shape index (κ2) is 6.96. The lowest BCUT2D eigenvalue weighted by Crippen LogP contribution is -2.41. The number of ether oxygens (including phenoxy) is 1. The van der Waals surface area contributed by atoms with Crippen molar-refractivity contribution in [2.45, 2.75) is 32.6 Å². The van der Waals surface area contributed by atoms with E-state index in [9.17, 15) is 4.79 Å². The number of carbonyl (C=O) groups is 1. The first-order chi connectivity index (χ1) is 9.26. The Bertz CT molecular complexity index is 420. The molecular weight excluding hydrogens is 262 g/mol. The summed E-state index contributed by atoms with van der Waals surface area (Å²) in [5, 5.41) is 4.07. The maximum Gasteiger partial charge on any atom is 0.267 e. The first-order valence-corrected chi connectivity index (χ1v) is 7.63. The van der Waals surface area contributed by atoms with Crippen molar-refractivity contribution in [2.24, 2.45) is 5.92 Å². The van der Waals surface area contributed by atoms with Gasteiger partial charge in [-0.2, -0.15) is 0 Å². The molecule has 5 nitrogen and oxygen atoms in total. The average Bonchev–Trinajstić information content (AvgIpc) is 2.87. The number of likely N-dealkylation sites (tertiary alicyclic amines) is 1. The third kappa shape index (κ3) is 3.51. The molecule has 1 aliphatic rings. The summed E-state index contributed by atoms with van der Waals surface area (Å²) in [7, 11) is 1.72. The van der Waals surface area contributed by atoms with Crippen molar-refractivity contribution in [3.05, 3.63) is 10.6 Å². The van der Waals surface area contributed by atoms with Crippen molar-refractivity contribution in [1.29, 1.82) is 0 Å². The Morgan fingerprint density at radius 3 is 3.16 bits per heavy atom. The summed E-state index contributed by atoms with van der Waals surface area (Å²) in [5.41, 5.74) is 0.853. The summed E-state index contributed by atoms with van der Waals surface area (Å²) < 4.78 is 9.13. The van der Waals surface area contributed by atoms with E-state index >= 15 is 0 Å². The van der Waals surface area contributed by atoms with Gasteiger partial charge in [-0.3, -0.25) is 4.79 Å². The molecule has 1 aromatic heterocycles. The Morgan fingerprint density at radius 1 is 1.58 bits per heavy atom. The Labute approximate surface area is 118 Å². The second-order valence-corrected chi connectivity index (χ2v) is 5.77. The summed E-state index contributed by atoms with van der Waals surface area (Å²) in [5.74, 6) is 0.553. The van der Waals surface area contributed by atoms with E-state index in [1.54, 1.807) is 7.11 Å². The van der Waals surface area contributed by atoms with Gasteiger partial charge < -0.3 is 9.64 Å². The number of nitrogens with zero attached hydrogens (tertiary/aromatic N) is 3. The van der Waals surface area contributed by atoms with Crippen LogP contribution in [0.1, 0.15) is 41.6 Å². The molecule has 106 valence electrons. The average molecular weight is 283 g/mol. The van der Waals surface area contributed by atoms with Crippen molar-refractivity contribution in [2.75, 3.05) is 26.8 Å². The van der Waals surface area contributed by atoms with Crippen molar-refractivity contribution in [1.82, 2.24) is 14.5 Å². The Morgan fingerprint density at radius 2 is 2.42 bits per heavy atom. The molecule has 1 aromatic rings. The summed E-state index contributed by atoms with van der Waals surface area (Å²) in [4.78, 5) is 15.2. The van der Waals surface area contributed by atoms with E-state index in [-0.39, 0.29) is 5.91 Å². The molecule has 6 heteroatoms. The van der Waals surface area contributed by atoms with Gasteiger partial charge in [0.1, 0.15) is 4.88 Å². The van der Waals surface area contributed by atoms with Crippen LogP contribution >= 0.6 is 11.5 Å². The minimum absolute atomic E-state index is 0.0965. The van der Waals surface area contributed by atoms with Gasteiger partial charge >= 0.3 is 0 Å². The topological polar surface area (TPSA) is 55.3 Å². The SMILES string of the molecule is CCCc1nnsc1C(=O)N1CCCC(COC)C1. The predicted octanol–water partition coefficient (Wildman–Crippen LogP) is 1.99. The molecule has 0 radical (unpaired) electrons. The van der Waals surface area contributed by atoms with E-state index in [4.69, 9.17) is 4.74 Å². The molecule has 0 aromatic carbocycles. The van der Waals surface area contributed by atoms with E-state index in [1.807, 2.05) is 4.90 Å². The molecule has 19 heavy (non-hydrogen) atoms. The maximum atomic E-state index is 12.5. The molecule has 0 bridgehead atoms.